The van der Waals surface area contributed by atoms with Gasteiger partial charge in [-0.05, 0) is 30.4 Å². The number of hydrogen-bond donors (Lipinski definition) is 2. The van der Waals surface area contributed by atoms with E-state index in [0.717, 1.165) is 12.2 Å². The van der Waals surface area contributed by atoms with Crippen LogP contribution in [0, 0.1) is 5.82 Å². The van der Waals surface area contributed by atoms with Gasteiger partial charge < -0.3 is 10.4 Å². The van der Waals surface area contributed by atoms with Crippen LogP contribution in [0.5, 0.6) is 0 Å². The molecule has 5 heteroatoms. The fraction of sp³-hybridized carbons (Fsp3) is 0.417. The Morgan fingerprint density at radius 2 is 2.24 bits per heavy atom. The van der Waals surface area contributed by atoms with Crippen LogP contribution in [0.15, 0.2) is 24.3 Å². The summed E-state index contributed by atoms with van der Waals surface area (Å²) in [4.78, 5) is 11.5. The second kappa shape index (κ2) is 8.08. The Kier molecular flexibility index (Phi) is 6.65. The highest BCUT2D eigenvalue weighted by atomic mass is 32.2. The third-order valence-electron chi connectivity index (χ3n) is 2.03. The van der Waals surface area contributed by atoms with Crippen molar-refractivity contribution >= 4 is 23.4 Å². The van der Waals surface area contributed by atoms with Crippen molar-refractivity contribution < 1.29 is 14.3 Å². The van der Waals surface area contributed by atoms with Gasteiger partial charge in [-0.25, -0.2) is 4.39 Å². The molecule has 1 aromatic rings. The summed E-state index contributed by atoms with van der Waals surface area (Å²) in [6.45, 7) is 0.183. The lowest BCUT2D eigenvalue weighted by molar-refractivity contribution is -0.115. The molecule has 1 aromatic carbocycles. The van der Waals surface area contributed by atoms with Crippen molar-refractivity contribution in [1.29, 1.82) is 0 Å². The minimum atomic E-state index is -0.361. The summed E-state index contributed by atoms with van der Waals surface area (Å²) in [5.74, 6) is 1.08. The molecule has 0 unspecified atom stereocenters. The van der Waals surface area contributed by atoms with E-state index in [0.29, 0.717) is 17.9 Å². The number of aliphatic hydroxyl groups is 1. The van der Waals surface area contributed by atoms with Gasteiger partial charge in [0.2, 0.25) is 5.91 Å². The molecule has 0 aromatic heterocycles. The first-order valence-corrected chi connectivity index (χ1v) is 6.62. The minimum Gasteiger partial charge on any atom is -0.396 e. The van der Waals surface area contributed by atoms with E-state index < -0.39 is 0 Å². The fourth-order valence-electron chi connectivity index (χ4n) is 1.22. The van der Waals surface area contributed by atoms with E-state index >= 15 is 0 Å². The lowest BCUT2D eigenvalue weighted by Crippen LogP contribution is -2.12. The maximum atomic E-state index is 12.8. The largest absolute Gasteiger partial charge is 0.396 e. The van der Waals surface area contributed by atoms with E-state index in [-0.39, 0.29) is 18.3 Å². The lowest BCUT2D eigenvalue weighted by Gasteiger charge is -2.04. The highest BCUT2D eigenvalue weighted by Gasteiger charge is 2.02. The molecule has 1 rings (SSSR count). The Hall–Kier alpha value is -1.07. The average molecular weight is 257 g/mol. The second-order valence-electron chi connectivity index (χ2n) is 3.50. The maximum Gasteiger partial charge on any atom is 0.225 e. The van der Waals surface area contributed by atoms with Crippen molar-refractivity contribution in [2.45, 2.75) is 12.8 Å². The monoisotopic (exact) mass is 257 g/mol. The molecule has 0 heterocycles. The zero-order chi connectivity index (χ0) is 12.5. The smallest absolute Gasteiger partial charge is 0.225 e. The van der Waals surface area contributed by atoms with Crippen LogP contribution in [-0.4, -0.2) is 29.1 Å². The molecule has 17 heavy (non-hydrogen) atoms. The Labute approximate surface area is 104 Å². The van der Waals surface area contributed by atoms with Crippen LogP contribution >= 0.6 is 11.8 Å². The number of amides is 1. The molecule has 0 aliphatic heterocycles. The summed E-state index contributed by atoms with van der Waals surface area (Å²) >= 11 is 1.62. The van der Waals surface area contributed by atoms with Crippen molar-refractivity contribution in [2.24, 2.45) is 0 Å². The molecule has 0 fully saturated rings. The zero-order valence-corrected chi connectivity index (χ0v) is 10.3. The summed E-state index contributed by atoms with van der Waals surface area (Å²) in [6.07, 6.45) is 1.14. The fourth-order valence-corrected chi connectivity index (χ4v) is 2.09. The number of carbonyl (C=O) groups excluding carboxylic acids is 1. The van der Waals surface area contributed by atoms with E-state index in [1.807, 2.05) is 0 Å². The highest BCUT2D eigenvalue weighted by molar-refractivity contribution is 7.99. The molecule has 0 saturated carbocycles. The number of nitrogens with one attached hydrogen (secondary N) is 1. The van der Waals surface area contributed by atoms with Gasteiger partial charge in [-0.2, -0.15) is 11.8 Å². The summed E-state index contributed by atoms with van der Waals surface area (Å²) in [6, 6.07) is 5.83. The quantitative estimate of drug-likeness (QED) is 0.737. The summed E-state index contributed by atoms with van der Waals surface area (Å²) in [5.41, 5.74) is 0.482. The molecule has 0 aliphatic rings. The van der Waals surface area contributed by atoms with Crippen molar-refractivity contribution in [3.8, 4) is 0 Å². The van der Waals surface area contributed by atoms with Crippen LogP contribution in [0.25, 0.3) is 0 Å². The van der Waals surface area contributed by atoms with E-state index in [2.05, 4.69) is 5.32 Å². The first-order chi connectivity index (χ1) is 8.22. The topological polar surface area (TPSA) is 49.3 Å². The van der Waals surface area contributed by atoms with Crippen molar-refractivity contribution in [1.82, 2.24) is 0 Å². The van der Waals surface area contributed by atoms with Crippen LogP contribution in [0.1, 0.15) is 12.8 Å². The van der Waals surface area contributed by atoms with Crippen LogP contribution in [0.3, 0.4) is 0 Å². The predicted octanol–water partition coefficient (Wildman–Crippen LogP) is 2.27. The van der Waals surface area contributed by atoms with Crippen LogP contribution < -0.4 is 5.32 Å². The Balaban J connectivity index is 2.21. The average Bonchev–Trinajstić information content (AvgIpc) is 2.29. The van der Waals surface area contributed by atoms with E-state index in [1.165, 1.54) is 12.1 Å². The van der Waals surface area contributed by atoms with Crippen LogP contribution in [-0.2, 0) is 4.79 Å². The Morgan fingerprint density at radius 3 is 2.94 bits per heavy atom. The number of benzene rings is 1. The van der Waals surface area contributed by atoms with Gasteiger partial charge in [-0.3, -0.25) is 4.79 Å². The lowest BCUT2D eigenvalue weighted by atomic mass is 10.3. The van der Waals surface area contributed by atoms with Crippen LogP contribution in [0.2, 0.25) is 0 Å². The molecule has 0 bridgehead atoms. The number of thioether (sulfide) groups is 1. The van der Waals surface area contributed by atoms with Gasteiger partial charge in [0.1, 0.15) is 5.82 Å². The second-order valence-corrected chi connectivity index (χ2v) is 4.72. The Morgan fingerprint density at radius 1 is 1.41 bits per heavy atom. The molecule has 94 valence electrons. The Bertz CT molecular complexity index is 360. The summed E-state index contributed by atoms with van der Waals surface area (Å²) in [7, 11) is 0. The van der Waals surface area contributed by atoms with Gasteiger partial charge in [0, 0.05) is 24.5 Å². The number of anilines is 1. The van der Waals surface area contributed by atoms with Gasteiger partial charge >= 0.3 is 0 Å². The third-order valence-corrected chi connectivity index (χ3v) is 3.10. The SMILES string of the molecule is O=C(CCSCCCO)Nc1cccc(F)c1. The maximum absolute atomic E-state index is 12.8. The van der Waals surface area contributed by atoms with Crippen LogP contribution in [0.4, 0.5) is 10.1 Å². The number of carbonyl (C=O) groups is 1. The third kappa shape index (κ3) is 6.28. The van der Waals surface area contributed by atoms with E-state index in [9.17, 15) is 9.18 Å². The molecule has 0 saturated heterocycles. The van der Waals surface area contributed by atoms with Gasteiger partial charge in [0.15, 0.2) is 0 Å². The van der Waals surface area contributed by atoms with Gasteiger partial charge in [0.05, 0.1) is 0 Å². The molecular weight excluding hydrogens is 241 g/mol. The first kappa shape index (κ1) is 14.0. The molecule has 3 nitrogen and oxygen atoms in total. The van der Waals surface area contributed by atoms with Crippen molar-refractivity contribution in [2.75, 3.05) is 23.4 Å². The van der Waals surface area contributed by atoms with Crippen molar-refractivity contribution in [3.05, 3.63) is 30.1 Å². The van der Waals surface area contributed by atoms with Gasteiger partial charge in [-0.1, -0.05) is 6.07 Å². The number of aliphatic hydroxyl groups excluding tert-OH is 1. The number of hydrogen-bond acceptors (Lipinski definition) is 3. The zero-order valence-electron chi connectivity index (χ0n) is 9.49. The molecule has 0 radical (unpaired) electrons. The normalized spacial score (nSPS) is 10.2. The molecule has 2 N–H and O–H groups in total. The molecular formula is C12H16FNO2S. The van der Waals surface area contributed by atoms with E-state index in [1.54, 1.807) is 23.9 Å². The summed E-state index contributed by atoms with van der Waals surface area (Å²) in [5, 5.41) is 11.2. The molecule has 0 atom stereocenters. The number of halogens is 1. The standard InChI is InChI=1S/C12H16FNO2S/c13-10-3-1-4-11(9-10)14-12(16)5-8-17-7-2-6-15/h1,3-4,9,15H,2,5-8H2,(H,14,16). The minimum absolute atomic E-state index is 0.118. The summed E-state index contributed by atoms with van der Waals surface area (Å²) < 4.78 is 12.8. The molecule has 0 spiro atoms. The predicted molar refractivity (Wildman–Crippen MR) is 68.7 cm³/mol. The van der Waals surface area contributed by atoms with Gasteiger partial charge in [-0.15, -0.1) is 0 Å². The first-order valence-electron chi connectivity index (χ1n) is 5.46. The van der Waals surface area contributed by atoms with Gasteiger partial charge in [0.25, 0.3) is 0 Å². The van der Waals surface area contributed by atoms with E-state index in [4.69, 9.17) is 5.11 Å². The molecule has 0 aliphatic carbocycles. The number of rotatable bonds is 7. The van der Waals surface area contributed by atoms with Crippen molar-refractivity contribution in [3.63, 3.8) is 0 Å². The molecule has 1 amide bonds. The highest BCUT2D eigenvalue weighted by Crippen LogP contribution is 2.10.